The van der Waals surface area contributed by atoms with Gasteiger partial charge in [-0.2, -0.15) is 0 Å². The summed E-state index contributed by atoms with van der Waals surface area (Å²) < 4.78 is 5.97. The van der Waals surface area contributed by atoms with Crippen LogP contribution in [0.3, 0.4) is 0 Å². The summed E-state index contributed by atoms with van der Waals surface area (Å²) in [5, 5.41) is 0. The van der Waals surface area contributed by atoms with Crippen LogP contribution < -0.4 is 4.74 Å². The Balaban J connectivity index is 1.51. The van der Waals surface area contributed by atoms with Crippen LogP contribution >= 0.6 is 0 Å². The quantitative estimate of drug-likeness (QED) is 0.799. The van der Waals surface area contributed by atoms with Crippen LogP contribution in [0, 0.1) is 0 Å². The molecule has 1 amide bonds. The monoisotopic (exact) mass is 352 g/mol. The van der Waals surface area contributed by atoms with E-state index in [9.17, 15) is 4.79 Å². The molecule has 0 aliphatic carbocycles. The summed E-state index contributed by atoms with van der Waals surface area (Å²) >= 11 is 0. The summed E-state index contributed by atoms with van der Waals surface area (Å²) in [7, 11) is 0. The molecule has 2 aromatic carbocycles. The Bertz CT molecular complexity index is 709. The largest absolute Gasteiger partial charge is 0.481 e. The maximum absolute atomic E-state index is 12.7. The molecule has 3 rings (SSSR count). The van der Waals surface area contributed by atoms with Crippen LogP contribution in [0.4, 0.5) is 0 Å². The number of hydrogen-bond donors (Lipinski definition) is 0. The van der Waals surface area contributed by atoms with E-state index in [1.807, 2.05) is 36.1 Å². The zero-order valence-electron chi connectivity index (χ0n) is 15.7. The van der Waals surface area contributed by atoms with Crippen molar-refractivity contribution in [3.8, 4) is 5.75 Å². The van der Waals surface area contributed by atoms with Crippen molar-refractivity contribution in [3.05, 3.63) is 65.7 Å². The van der Waals surface area contributed by atoms with Gasteiger partial charge in [0.05, 0.1) is 0 Å². The van der Waals surface area contributed by atoms with Crippen molar-refractivity contribution in [2.24, 2.45) is 0 Å². The predicted octanol–water partition coefficient (Wildman–Crippen LogP) is 3.36. The van der Waals surface area contributed by atoms with Crippen molar-refractivity contribution in [3.63, 3.8) is 0 Å². The van der Waals surface area contributed by atoms with E-state index < -0.39 is 6.10 Å². The van der Waals surface area contributed by atoms with Crippen molar-refractivity contribution in [1.82, 2.24) is 9.80 Å². The van der Waals surface area contributed by atoms with Crippen molar-refractivity contribution in [2.45, 2.75) is 32.9 Å². The van der Waals surface area contributed by atoms with Crippen LogP contribution in [-0.4, -0.2) is 48.0 Å². The van der Waals surface area contributed by atoms with Crippen LogP contribution in [0.15, 0.2) is 54.6 Å². The Morgan fingerprint density at radius 1 is 1.00 bits per heavy atom. The number of nitrogens with zero attached hydrogens (tertiary/aromatic N) is 2. The van der Waals surface area contributed by atoms with Gasteiger partial charge >= 0.3 is 0 Å². The first-order valence-corrected chi connectivity index (χ1v) is 9.47. The predicted molar refractivity (Wildman–Crippen MR) is 104 cm³/mol. The number of ether oxygens (including phenoxy) is 1. The van der Waals surface area contributed by atoms with Crippen LogP contribution in [-0.2, 0) is 17.8 Å². The summed E-state index contributed by atoms with van der Waals surface area (Å²) in [6, 6.07) is 18.4. The van der Waals surface area contributed by atoms with Gasteiger partial charge in [-0.05, 0) is 30.5 Å². The van der Waals surface area contributed by atoms with E-state index >= 15 is 0 Å². The molecule has 0 radical (unpaired) electrons. The molecular formula is C22H28N2O2. The lowest BCUT2D eigenvalue weighted by Gasteiger charge is -2.36. The smallest absolute Gasteiger partial charge is 0.263 e. The number of piperazine rings is 1. The van der Waals surface area contributed by atoms with Crippen LogP contribution in [0.5, 0.6) is 5.75 Å². The molecule has 1 atom stereocenters. The average molecular weight is 352 g/mol. The normalized spacial score (nSPS) is 16.3. The highest BCUT2D eigenvalue weighted by Gasteiger charge is 2.26. The molecule has 0 spiro atoms. The van der Waals surface area contributed by atoms with Gasteiger partial charge in [-0.25, -0.2) is 0 Å². The van der Waals surface area contributed by atoms with Crippen LogP contribution in [0.1, 0.15) is 25.0 Å². The first-order chi connectivity index (χ1) is 12.7. The molecule has 4 nitrogen and oxygen atoms in total. The Hall–Kier alpha value is -2.33. The number of benzene rings is 2. The third kappa shape index (κ3) is 4.64. The molecule has 4 heteroatoms. The van der Waals surface area contributed by atoms with Crippen LogP contribution in [0.2, 0.25) is 0 Å². The zero-order valence-corrected chi connectivity index (χ0v) is 15.7. The first-order valence-electron chi connectivity index (χ1n) is 9.47. The average Bonchev–Trinajstić information content (AvgIpc) is 2.69. The maximum Gasteiger partial charge on any atom is 0.263 e. The number of carbonyl (C=O) groups is 1. The molecule has 0 N–H and O–H groups in total. The van der Waals surface area contributed by atoms with Gasteiger partial charge in [0.2, 0.25) is 0 Å². The highest BCUT2D eigenvalue weighted by atomic mass is 16.5. The molecule has 1 aliphatic rings. The summed E-state index contributed by atoms with van der Waals surface area (Å²) in [5.74, 6) is 0.897. The van der Waals surface area contributed by atoms with Crippen molar-refractivity contribution < 1.29 is 9.53 Å². The van der Waals surface area contributed by atoms with Gasteiger partial charge in [0.25, 0.3) is 5.91 Å². The number of para-hydroxylation sites is 1. The molecule has 0 saturated carbocycles. The standard InChI is InChI=1S/C22H28N2O2/c1-3-20-11-7-8-12-21(20)26-18(2)22(25)24-15-13-23(14-16-24)17-19-9-5-4-6-10-19/h4-12,18H,3,13-17H2,1-2H3/t18-/m0/s1. The summed E-state index contributed by atoms with van der Waals surface area (Å²) in [6.07, 6.45) is 0.443. The van der Waals surface area contributed by atoms with Gasteiger partial charge in [-0.3, -0.25) is 9.69 Å². The highest BCUT2D eigenvalue weighted by molar-refractivity contribution is 5.81. The molecule has 0 aromatic heterocycles. The number of amides is 1. The highest BCUT2D eigenvalue weighted by Crippen LogP contribution is 2.20. The Labute approximate surface area is 156 Å². The third-order valence-corrected chi connectivity index (χ3v) is 4.94. The molecule has 1 aliphatic heterocycles. The van der Waals surface area contributed by atoms with E-state index in [1.165, 1.54) is 5.56 Å². The molecule has 1 fully saturated rings. The lowest BCUT2D eigenvalue weighted by Crippen LogP contribution is -2.51. The van der Waals surface area contributed by atoms with Gasteiger partial charge in [0.15, 0.2) is 6.10 Å². The van der Waals surface area contributed by atoms with Crippen molar-refractivity contribution >= 4 is 5.91 Å². The van der Waals surface area contributed by atoms with Gasteiger partial charge < -0.3 is 9.64 Å². The molecule has 26 heavy (non-hydrogen) atoms. The van der Waals surface area contributed by atoms with Gasteiger partial charge in [0.1, 0.15) is 5.75 Å². The van der Waals surface area contributed by atoms with Crippen LogP contribution in [0.25, 0.3) is 0 Å². The topological polar surface area (TPSA) is 32.8 Å². The molecule has 2 aromatic rings. The Morgan fingerprint density at radius 2 is 1.65 bits per heavy atom. The molecule has 1 heterocycles. The second-order valence-corrected chi connectivity index (χ2v) is 6.81. The number of rotatable bonds is 6. The second-order valence-electron chi connectivity index (χ2n) is 6.81. The van der Waals surface area contributed by atoms with E-state index in [2.05, 4.69) is 42.2 Å². The molecule has 1 saturated heterocycles. The maximum atomic E-state index is 12.7. The fraction of sp³-hybridized carbons (Fsp3) is 0.409. The first kappa shape index (κ1) is 18.5. The van der Waals surface area contributed by atoms with E-state index in [0.29, 0.717) is 0 Å². The van der Waals surface area contributed by atoms with E-state index in [0.717, 1.165) is 50.5 Å². The SMILES string of the molecule is CCc1ccccc1O[C@@H](C)C(=O)N1CCN(Cc2ccccc2)CC1. The summed E-state index contributed by atoms with van der Waals surface area (Å²) in [4.78, 5) is 17.1. The number of carbonyl (C=O) groups excluding carboxylic acids is 1. The minimum Gasteiger partial charge on any atom is -0.481 e. The second kappa shape index (κ2) is 8.86. The molecule has 0 unspecified atom stereocenters. The number of aryl methyl sites for hydroxylation is 1. The lowest BCUT2D eigenvalue weighted by molar-refractivity contribution is -0.139. The number of hydrogen-bond acceptors (Lipinski definition) is 3. The summed E-state index contributed by atoms with van der Waals surface area (Å²) in [6.45, 7) is 8.21. The lowest BCUT2D eigenvalue weighted by atomic mass is 10.1. The van der Waals surface area contributed by atoms with Gasteiger partial charge in [0, 0.05) is 32.7 Å². The minimum absolute atomic E-state index is 0.0790. The van der Waals surface area contributed by atoms with Gasteiger partial charge in [-0.1, -0.05) is 55.5 Å². The zero-order chi connectivity index (χ0) is 18.4. The van der Waals surface area contributed by atoms with E-state index in [1.54, 1.807) is 0 Å². The van der Waals surface area contributed by atoms with E-state index in [-0.39, 0.29) is 5.91 Å². The summed E-state index contributed by atoms with van der Waals surface area (Å²) in [5.41, 5.74) is 2.46. The molecule has 0 bridgehead atoms. The van der Waals surface area contributed by atoms with Crippen molar-refractivity contribution in [2.75, 3.05) is 26.2 Å². The Morgan fingerprint density at radius 3 is 2.35 bits per heavy atom. The molecule has 138 valence electrons. The fourth-order valence-electron chi connectivity index (χ4n) is 3.38. The van der Waals surface area contributed by atoms with E-state index in [4.69, 9.17) is 4.74 Å². The van der Waals surface area contributed by atoms with Crippen molar-refractivity contribution in [1.29, 1.82) is 0 Å². The third-order valence-electron chi connectivity index (χ3n) is 4.94. The van der Waals surface area contributed by atoms with Gasteiger partial charge in [-0.15, -0.1) is 0 Å². The Kier molecular flexibility index (Phi) is 6.29. The minimum atomic E-state index is -0.455. The molecular weight excluding hydrogens is 324 g/mol. The fourth-order valence-corrected chi connectivity index (χ4v) is 3.38.